The van der Waals surface area contributed by atoms with Gasteiger partial charge in [-0.2, -0.15) is 0 Å². The first-order chi connectivity index (χ1) is 14.4. The Morgan fingerprint density at radius 3 is 2.53 bits per heavy atom. The Morgan fingerprint density at radius 2 is 1.83 bits per heavy atom. The topological polar surface area (TPSA) is 91.8 Å². The first-order valence-corrected chi connectivity index (χ1v) is 10.2. The maximum Gasteiger partial charge on any atom is 0.337 e. The molecule has 0 atom stereocenters. The second kappa shape index (κ2) is 7.85. The van der Waals surface area contributed by atoms with Gasteiger partial charge in [0.15, 0.2) is 5.78 Å². The lowest BCUT2D eigenvalue weighted by atomic mass is 10.00. The molecule has 0 fully saturated rings. The number of anilines is 1. The second-order valence-corrected chi connectivity index (χ2v) is 8.09. The molecule has 150 valence electrons. The van der Waals surface area contributed by atoms with E-state index >= 15 is 0 Å². The highest BCUT2D eigenvalue weighted by Crippen LogP contribution is 2.35. The number of carboxylic acid groups (broad SMARTS) is 1. The van der Waals surface area contributed by atoms with Gasteiger partial charge in [-0.1, -0.05) is 41.9 Å². The average Bonchev–Trinajstić information content (AvgIpc) is 3.14. The normalized spacial score (nSPS) is 13.3. The van der Waals surface area contributed by atoms with Crippen LogP contribution in [0.5, 0.6) is 0 Å². The third-order valence-electron chi connectivity index (χ3n) is 4.79. The predicted octanol–water partition coefficient (Wildman–Crippen LogP) is 4.25. The average molecular weight is 440 g/mol. The van der Waals surface area contributed by atoms with Crippen LogP contribution in [0.3, 0.4) is 0 Å². The van der Waals surface area contributed by atoms with Crippen LogP contribution in [0.2, 0.25) is 5.02 Å². The van der Waals surface area contributed by atoms with Gasteiger partial charge in [0.1, 0.15) is 0 Å². The summed E-state index contributed by atoms with van der Waals surface area (Å²) in [4.78, 5) is 51.2. The van der Waals surface area contributed by atoms with Crippen LogP contribution in [0.4, 0.5) is 5.69 Å². The van der Waals surface area contributed by atoms with E-state index in [1.165, 1.54) is 23.6 Å². The van der Waals surface area contributed by atoms with Crippen molar-refractivity contribution in [1.82, 2.24) is 0 Å². The number of fused-ring (bicyclic) bond motifs is 1. The Hall–Kier alpha value is -3.29. The summed E-state index contributed by atoms with van der Waals surface area (Å²) in [6.07, 6.45) is 0.0409. The SMILES string of the molecule is O=C(Cc1ccccc1)c1ccc(Cl)c(N2C(=O)Cc3scc(C(=O)O)c3C2=O)c1. The van der Waals surface area contributed by atoms with Gasteiger partial charge >= 0.3 is 5.97 Å². The van der Waals surface area contributed by atoms with Crippen LogP contribution in [-0.2, 0) is 17.6 Å². The number of amides is 2. The third-order valence-corrected chi connectivity index (χ3v) is 6.10. The molecule has 30 heavy (non-hydrogen) atoms. The predicted molar refractivity (Wildman–Crippen MR) is 113 cm³/mol. The minimum atomic E-state index is -1.24. The van der Waals surface area contributed by atoms with Gasteiger partial charge in [0.05, 0.1) is 28.3 Å². The lowest BCUT2D eigenvalue weighted by molar-refractivity contribution is -0.117. The van der Waals surface area contributed by atoms with Crippen LogP contribution >= 0.6 is 22.9 Å². The lowest BCUT2D eigenvalue weighted by Crippen LogP contribution is -2.42. The van der Waals surface area contributed by atoms with Crippen LogP contribution in [0.25, 0.3) is 0 Å². The molecule has 0 unspecified atom stereocenters. The van der Waals surface area contributed by atoms with Crippen molar-refractivity contribution in [3.63, 3.8) is 0 Å². The van der Waals surface area contributed by atoms with E-state index in [0.29, 0.717) is 10.4 Å². The molecular formula is C22H14ClNO5S. The second-order valence-electron chi connectivity index (χ2n) is 6.72. The van der Waals surface area contributed by atoms with Gasteiger partial charge in [0, 0.05) is 22.2 Å². The molecule has 1 aliphatic rings. The van der Waals surface area contributed by atoms with Crippen molar-refractivity contribution >= 4 is 52.2 Å². The van der Waals surface area contributed by atoms with E-state index in [2.05, 4.69) is 0 Å². The zero-order valence-corrected chi connectivity index (χ0v) is 17.0. The molecule has 1 N–H and O–H groups in total. The molecule has 2 heterocycles. The molecule has 1 aliphatic heterocycles. The molecule has 4 rings (SSSR count). The fraction of sp³-hybridized carbons (Fsp3) is 0.0909. The summed E-state index contributed by atoms with van der Waals surface area (Å²) in [5.74, 6) is -2.72. The number of carbonyl (C=O) groups is 4. The molecule has 6 nitrogen and oxygen atoms in total. The molecule has 0 spiro atoms. The molecule has 3 aromatic rings. The van der Waals surface area contributed by atoms with Gasteiger partial charge in [0.2, 0.25) is 5.91 Å². The van der Waals surface area contributed by atoms with Gasteiger partial charge < -0.3 is 5.11 Å². The standard InChI is InChI=1S/C22H14ClNO5S/c23-15-7-6-13(17(25)8-12-4-2-1-3-5-12)9-16(15)24-19(26)10-18-20(21(24)27)14(11-30-18)22(28)29/h1-7,9,11H,8,10H2,(H,28,29). The molecule has 0 saturated heterocycles. The Labute approximate surface area is 180 Å². The molecule has 1 aromatic heterocycles. The summed E-state index contributed by atoms with van der Waals surface area (Å²) in [5, 5.41) is 10.8. The number of ketones is 1. The van der Waals surface area contributed by atoms with Crippen molar-refractivity contribution in [3.8, 4) is 0 Å². The molecule has 0 saturated carbocycles. The molecule has 0 radical (unpaired) electrons. The zero-order chi connectivity index (χ0) is 21.4. The first-order valence-electron chi connectivity index (χ1n) is 8.94. The fourth-order valence-electron chi connectivity index (χ4n) is 3.35. The highest BCUT2D eigenvalue weighted by atomic mass is 35.5. The van der Waals surface area contributed by atoms with Gasteiger partial charge in [-0.3, -0.25) is 14.4 Å². The van der Waals surface area contributed by atoms with Crippen molar-refractivity contribution < 1.29 is 24.3 Å². The van der Waals surface area contributed by atoms with Gasteiger partial charge in [0.25, 0.3) is 5.91 Å². The van der Waals surface area contributed by atoms with E-state index in [0.717, 1.165) is 21.8 Å². The van der Waals surface area contributed by atoms with Gasteiger partial charge in [-0.25, -0.2) is 9.69 Å². The number of hydrogen-bond acceptors (Lipinski definition) is 5. The number of imide groups is 1. The van der Waals surface area contributed by atoms with Gasteiger partial charge in [-0.05, 0) is 23.8 Å². The summed E-state index contributed by atoms with van der Waals surface area (Å²) in [5.41, 5.74) is 1.04. The number of hydrogen-bond donors (Lipinski definition) is 1. The molecule has 2 aromatic carbocycles. The number of carbonyl (C=O) groups excluding carboxylic acids is 3. The fourth-order valence-corrected chi connectivity index (χ4v) is 4.55. The minimum absolute atomic E-state index is 0.0100. The highest BCUT2D eigenvalue weighted by Gasteiger charge is 2.37. The molecule has 0 aliphatic carbocycles. The summed E-state index contributed by atoms with van der Waals surface area (Å²) in [6.45, 7) is 0. The monoisotopic (exact) mass is 439 g/mol. The van der Waals surface area contributed by atoms with Crippen LogP contribution in [0.1, 0.15) is 41.5 Å². The number of rotatable bonds is 5. The lowest BCUT2D eigenvalue weighted by Gasteiger charge is -2.26. The van der Waals surface area contributed by atoms with Crippen molar-refractivity contribution in [3.05, 3.63) is 86.1 Å². The van der Waals surface area contributed by atoms with Crippen molar-refractivity contribution in [2.24, 2.45) is 0 Å². The summed E-state index contributed by atoms with van der Waals surface area (Å²) >= 11 is 7.32. The van der Waals surface area contributed by atoms with Crippen LogP contribution in [0, 0.1) is 0 Å². The number of thiophene rings is 1. The van der Waals surface area contributed by atoms with E-state index < -0.39 is 17.8 Å². The largest absolute Gasteiger partial charge is 0.478 e. The number of nitrogens with zero attached hydrogens (tertiary/aromatic N) is 1. The quantitative estimate of drug-likeness (QED) is 0.474. The summed E-state index contributed by atoms with van der Waals surface area (Å²) in [6, 6.07) is 13.6. The van der Waals surface area contributed by atoms with E-state index in [-0.39, 0.29) is 40.5 Å². The maximum atomic E-state index is 13.0. The van der Waals surface area contributed by atoms with Crippen molar-refractivity contribution in [1.29, 1.82) is 0 Å². The molecular weight excluding hydrogens is 426 g/mol. The number of carboxylic acids is 1. The minimum Gasteiger partial charge on any atom is -0.478 e. The Kier molecular flexibility index (Phi) is 5.24. The number of benzene rings is 2. The Bertz CT molecular complexity index is 1200. The van der Waals surface area contributed by atoms with Crippen LogP contribution in [-0.4, -0.2) is 28.7 Å². The Balaban J connectivity index is 1.71. The number of aromatic carboxylic acids is 1. The van der Waals surface area contributed by atoms with E-state index in [1.807, 2.05) is 30.3 Å². The van der Waals surface area contributed by atoms with Crippen LogP contribution < -0.4 is 4.90 Å². The van der Waals surface area contributed by atoms with E-state index in [4.69, 9.17) is 11.6 Å². The van der Waals surface area contributed by atoms with Crippen molar-refractivity contribution in [2.75, 3.05) is 4.90 Å². The maximum absolute atomic E-state index is 13.0. The number of Topliss-reactive ketones (excluding diaryl/α,β-unsaturated/α-hetero) is 1. The Morgan fingerprint density at radius 1 is 1.10 bits per heavy atom. The molecule has 2 amide bonds. The van der Waals surface area contributed by atoms with E-state index in [9.17, 15) is 24.3 Å². The first kappa shape index (κ1) is 20.0. The van der Waals surface area contributed by atoms with Crippen LogP contribution in [0.15, 0.2) is 53.9 Å². The zero-order valence-electron chi connectivity index (χ0n) is 15.4. The molecule has 8 heteroatoms. The smallest absolute Gasteiger partial charge is 0.337 e. The summed E-state index contributed by atoms with van der Waals surface area (Å²) < 4.78 is 0. The summed E-state index contributed by atoms with van der Waals surface area (Å²) in [7, 11) is 0. The third kappa shape index (κ3) is 3.53. The van der Waals surface area contributed by atoms with E-state index in [1.54, 1.807) is 0 Å². The highest BCUT2D eigenvalue weighted by molar-refractivity contribution is 7.11. The van der Waals surface area contributed by atoms with Crippen molar-refractivity contribution in [2.45, 2.75) is 12.8 Å². The van der Waals surface area contributed by atoms with Gasteiger partial charge in [-0.15, -0.1) is 11.3 Å². The number of halogens is 1. The molecule has 0 bridgehead atoms.